The summed E-state index contributed by atoms with van der Waals surface area (Å²) in [5.41, 5.74) is 2.09. The molecular weight excluding hydrogens is 440 g/mol. The molecule has 0 saturated carbocycles. The molecule has 4 rings (SSSR count). The first-order valence-electron chi connectivity index (χ1n) is 10.5. The Morgan fingerprint density at radius 3 is 2.44 bits per heavy atom. The molecular formula is C23H24N6O5. The van der Waals surface area contributed by atoms with Crippen molar-refractivity contribution in [1.82, 2.24) is 25.0 Å². The molecule has 2 aromatic heterocycles. The largest absolute Gasteiger partial charge is 0.487 e. The number of hydrogen-bond acceptors (Lipinski definition) is 9. The molecule has 11 nitrogen and oxygen atoms in total. The van der Waals surface area contributed by atoms with Gasteiger partial charge in [0.2, 0.25) is 0 Å². The molecule has 2 heterocycles. The first-order valence-corrected chi connectivity index (χ1v) is 10.5. The fourth-order valence-electron chi connectivity index (χ4n) is 3.20. The summed E-state index contributed by atoms with van der Waals surface area (Å²) in [6, 6.07) is 10.7. The molecule has 0 radical (unpaired) electrons. The van der Waals surface area contributed by atoms with Crippen molar-refractivity contribution >= 4 is 22.5 Å². The Morgan fingerprint density at radius 1 is 0.971 bits per heavy atom. The van der Waals surface area contributed by atoms with E-state index in [1.165, 1.54) is 6.33 Å². The predicted octanol–water partition coefficient (Wildman–Crippen LogP) is 2.51. The molecule has 0 aliphatic carbocycles. The molecule has 1 N–H and O–H groups in total. The van der Waals surface area contributed by atoms with Gasteiger partial charge in [0.15, 0.2) is 11.5 Å². The van der Waals surface area contributed by atoms with Crippen LogP contribution in [0.4, 0.5) is 5.69 Å². The Hall–Kier alpha value is -4.09. The first-order chi connectivity index (χ1) is 16.7. The predicted molar refractivity (Wildman–Crippen MR) is 124 cm³/mol. The lowest BCUT2D eigenvalue weighted by Crippen LogP contribution is -2.15. The van der Waals surface area contributed by atoms with E-state index < -0.39 is 0 Å². The van der Waals surface area contributed by atoms with E-state index in [0.29, 0.717) is 54.5 Å². The van der Waals surface area contributed by atoms with Crippen molar-refractivity contribution in [2.45, 2.75) is 0 Å². The molecule has 4 aromatic rings. The van der Waals surface area contributed by atoms with Gasteiger partial charge in [0.1, 0.15) is 25.2 Å². The average Bonchev–Trinajstić information content (AvgIpc) is 3.39. The SMILES string of the molecule is COCCOc1cc2ncnc(C(=O)Nc3cccc(-n4ccnn4)c3)c2cc1OCCOC. The minimum atomic E-state index is -0.390. The van der Waals surface area contributed by atoms with Crippen molar-refractivity contribution in [3.8, 4) is 17.2 Å². The highest BCUT2D eigenvalue weighted by atomic mass is 16.5. The van der Waals surface area contributed by atoms with Gasteiger partial charge in [-0.1, -0.05) is 11.3 Å². The molecule has 0 aliphatic heterocycles. The molecule has 0 unspecified atom stereocenters. The molecule has 34 heavy (non-hydrogen) atoms. The van der Waals surface area contributed by atoms with E-state index in [2.05, 4.69) is 25.6 Å². The molecule has 2 aromatic carbocycles. The molecule has 0 aliphatic rings. The van der Waals surface area contributed by atoms with Crippen LogP contribution < -0.4 is 14.8 Å². The van der Waals surface area contributed by atoms with E-state index in [-0.39, 0.29) is 11.6 Å². The summed E-state index contributed by atoms with van der Waals surface area (Å²) in [4.78, 5) is 21.7. The molecule has 0 spiro atoms. The number of nitrogens with one attached hydrogen (secondary N) is 1. The van der Waals surface area contributed by atoms with E-state index >= 15 is 0 Å². The molecule has 176 valence electrons. The van der Waals surface area contributed by atoms with Crippen LogP contribution in [0.3, 0.4) is 0 Å². The number of amides is 1. The van der Waals surface area contributed by atoms with Gasteiger partial charge in [-0.15, -0.1) is 5.10 Å². The summed E-state index contributed by atoms with van der Waals surface area (Å²) in [5, 5.41) is 11.2. The van der Waals surface area contributed by atoms with Crippen molar-refractivity contribution in [3.05, 3.63) is 60.8 Å². The zero-order chi connectivity index (χ0) is 23.8. The molecule has 0 fully saturated rings. The summed E-state index contributed by atoms with van der Waals surface area (Å²) in [6.45, 7) is 1.47. The summed E-state index contributed by atoms with van der Waals surface area (Å²) < 4.78 is 23.4. The van der Waals surface area contributed by atoms with E-state index in [1.54, 1.807) is 55.6 Å². The minimum absolute atomic E-state index is 0.205. The average molecular weight is 464 g/mol. The Morgan fingerprint density at radius 2 is 1.74 bits per heavy atom. The van der Waals surface area contributed by atoms with Crippen LogP contribution in [0.1, 0.15) is 10.5 Å². The third-order valence-corrected chi connectivity index (χ3v) is 4.80. The highest BCUT2D eigenvalue weighted by Crippen LogP contribution is 2.33. The Balaban J connectivity index is 1.63. The summed E-state index contributed by atoms with van der Waals surface area (Å²) in [5.74, 6) is 0.558. The maximum absolute atomic E-state index is 13.1. The molecule has 1 amide bonds. The minimum Gasteiger partial charge on any atom is -0.487 e. The second kappa shape index (κ2) is 11.2. The molecule has 0 saturated heterocycles. The number of hydrogen-bond donors (Lipinski definition) is 1. The highest BCUT2D eigenvalue weighted by Gasteiger charge is 2.17. The van der Waals surface area contributed by atoms with Gasteiger partial charge in [-0.3, -0.25) is 4.79 Å². The summed E-state index contributed by atoms with van der Waals surface area (Å²) >= 11 is 0. The van der Waals surface area contributed by atoms with Crippen LogP contribution in [0.5, 0.6) is 11.5 Å². The number of ether oxygens (including phenoxy) is 4. The van der Waals surface area contributed by atoms with Gasteiger partial charge in [-0.25, -0.2) is 14.6 Å². The van der Waals surface area contributed by atoms with Crippen molar-refractivity contribution in [3.63, 3.8) is 0 Å². The third kappa shape index (κ3) is 5.45. The zero-order valence-electron chi connectivity index (χ0n) is 18.8. The number of carbonyl (C=O) groups excluding carboxylic acids is 1. The zero-order valence-corrected chi connectivity index (χ0v) is 18.8. The van der Waals surface area contributed by atoms with Crippen LogP contribution >= 0.6 is 0 Å². The van der Waals surface area contributed by atoms with Crippen LogP contribution in [0.25, 0.3) is 16.6 Å². The smallest absolute Gasteiger partial charge is 0.275 e. The van der Waals surface area contributed by atoms with Crippen LogP contribution in [-0.4, -0.2) is 71.5 Å². The van der Waals surface area contributed by atoms with Gasteiger partial charge in [-0.2, -0.15) is 0 Å². The number of carbonyl (C=O) groups is 1. The molecule has 0 bridgehead atoms. The van der Waals surface area contributed by atoms with E-state index in [1.807, 2.05) is 12.1 Å². The Kier molecular flexibility index (Phi) is 7.58. The summed E-state index contributed by atoms with van der Waals surface area (Å²) in [7, 11) is 3.19. The van der Waals surface area contributed by atoms with E-state index in [4.69, 9.17) is 18.9 Å². The van der Waals surface area contributed by atoms with E-state index in [0.717, 1.165) is 5.69 Å². The quantitative estimate of drug-likeness (QED) is 0.334. The lowest BCUT2D eigenvalue weighted by molar-refractivity contribution is 0.102. The lowest BCUT2D eigenvalue weighted by atomic mass is 10.1. The number of rotatable bonds is 11. The fraction of sp³-hybridized carbons (Fsp3) is 0.261. The monoisotopic (exact) mass is 464 g/mol. The van der Waals surface area contributed by atoms with Crippen LogP contribution in [0.2, 0.25) is 0 Å². The van der Waals surface area contributed by atoms with Gasteiger partial charge < -0.3 is 24.3 Å². The molecule has 11 heteroatoms. The lowest BCUT2D eigenvalue weighted by Gasteiger charge is -2.15. The number of methoxy groups -OCH3 is 2. The second-order valence-corrected chi connectivity index (χ2v) is 7.07. The van der Waals surface area contributed by atoms with Gasteiger partial charge in [-0.05, 0) is 24.3 Å². The number of benzene rings is 2. The third-order valence-electron chi connectivity index (χ3n) is 4.80. The van der Waals surface area contributed by atoms with Crippen molar-refractivity contribution in [1.29, 1.82) is 0 Å². The summed E-state index contributed by atoms with van der Waals surface area (Å²) in [6.07, 6.45) is 4.64. The number of fused-ring (bicyclic) bond motifs is 1. The normalized spacial score (nSPS) is 10.9. The fourth-order valence-corrected chi connectivity index (χ4v) is 3.20. The Bertz CT molecular complexity index is 1250. The Labute approximate surface area is 195 Å². The van der Waals surface area contributed by atoms with Gasteiger partial charge in [0.25, 0.3) is 5.91 Å². The van der Waals surface area contributed by atoms with Gasteiger partial charge in [0, 0.05) is 31.4 Å². The maximum Gasteiger partial charge on any atom is 0.275 e. The number of anilines is 1. The van der Waals surface area contributed by atoms with E-state index in [9.17, 15) is 4.79 Å². The van der Waals surface area contributed by atoms with Crippen molar-refractivity contribution in [2.75, 3.05) is 46.0 Å². The van der Waals surface area contributed by atoms with Crippen LogP contribution in [0.15, 0.2) is 55.1 Å². The van der Waals surface area contributed by atoms with Crippen LogP contribution in [0, 0.1) is 0 Å². The van der Waals surface area contributed by atoms with Crippen LogP contribution in [-0.2, 0) is 9.47 Å². The van der Waals surface area contributed by atoms with Gasteiger partial charge in [0.05, 0.1) is 36.8 Å². The topological polar surface area (TPSA) is 123 Å². The van der Waals surface area contributed by atoms with Gasteiger partial charge >= 0.3 is 0 Å². The highest BCUT2D eigenvalue weighted by molar-refractivity contribution is 6.11. The molecule has 0 atom stereocenters. The van der Waals surface area contributed by atoms with Crippen molar-refractivity contribution < 1.29 is 23.7 Å². The second-order valence-electron chi connectivity index (χ2n) is 7.07. The standard InChI is InChI=1S/C23H24N6O5/c1-31-8-10-33-20-13-18-19(14-21(20)34-11-9-32-2)24-15-25-22(18)23(30)27-16-4-3-5-17(12-16)29-7-6-26-28-29/h3-7,12-15H,8-11H2,1-2H3,(H,27,30). The van der Waals surface area contributed by atoms with Crippen molar-refractivity contribution in [2.24, 2.45) is 0 Å². The number of aromatic nitrogens is 5. The number of nitrogens with zero attached hydrogens (tertiary/aromatic N) is 5. The first kappa shape index (κ1) is 23.1. The maximum atomic E-state index is 13.1.